The number of H-pyrrole nitrogens is 2. The Kier molecular flexibility index (Phi) is 4.18. The van der Waals surface area contributed by atoms with Crippen molar-refractivity contribution in [3.8, 4) is 39.0 Å². The summed E-state index contributed by atoms with van der Waals surface area (Å²) < 4.78 is 18.9. The van der Waals surface area contributed by atoms with E-state index in [1.807, 2.05) is 24.3 Å². The summed E-state index contributed by atoms with van der Waals surface area (Å²) in [5, 5.41) is 7.19. The fourth-order valence-electron chi connectivity index (χ4n) is 3.58. The number of fused-ring (bicyclic) bond motifs is 2. The predicted molar refractivity (Wildman–Crippen MR) is 120 cm³/mol. The van der Waals surface area contributed by atoms with Gasteiger partial charge >= 0.3 is 0 Å². The monoisotopic (exact) mass is 443 g/mol. The zero-order chi connectivity index (χ0) is 21.7. The molecule has 10 heteroatoms. The van der Waals surface area contributed by atoms with Crippen LogP contribution >= 0.6 is 11.3 Å². The second-order valence-corrected chi connectivity index (χ2v) is 8.06. The molecule has 0 saturated carbocycles. The molecular weight excluding hydrogens is 429 g/mol. The first-order valence-electron chi connectivity index (χ1n) is 9.65. The molecule has 6 rings (SSSR count). The average Bonchev–Trinajstić information content (AvgIpc) is 3.55. The molecule has 32 heavy (non-hydrogen) atoms. The van der Waals surface area contributed by atoms with E-state index in [0.717, 1.165) is 38.6 Å². The zero-order valence-corrected chi connectivity index (χ0v) is 17.4. The Bertz CT molecular complexity index is 1600. The third kappa shape index (κ3) is 3.00. The van der Waals surface area contributed by atoms with E-state index < -0.39 is 0 Å². The highest BCUT2D eigenvalue weighted by molar-refractivity contribution is 7.14. The second kappa shape index (κ2) is 7.20. The molecule has 6 aromatic heterocycles. The lowest BCUT2D eigenvalue weighted by molar-refractivity contribution is 0.413. The highest BCUT2D eigenvalue weighted by Gasteiger charge is 2.18. The average molecular weight is 443 g/mol. The largest absolute Gasteiger partial charge is 0.495 e. The van der Waals surface area contributed by atoms with Crippen molar-refractivity contribution < 1.29 is 9.13 Å². The van der Waals surface area contributed by atoms with Crippen LogP contribution in [0.1, 0.15) is 0 Å². The van der Waals surface area contributed by atoms with E-state index in [1.54, 1.807) is 31.8 Å². The van der Waals surface area contributed by atoms with Crippen LogP contribution in [0.2, 0.25) is 0 Å². The Morgan fingerprint density at radius 2 is 2.00 bits per heavy atom. The topological polar surface area (TPSA) is 105 Å². The summed E-state index contributed by atoms with van der Waals surface area (Å²) in [6.07, 6.45) is 5.03. The van der Waals surface area contributed by atoms with E-state index in [-0.39, 0.29) is 5.13 Å². The Balaban J connectivity index is 1.49. The van der Waals surface area contributed by atoms with Gasteiger partial charge in [-0.2, -0.15) is 9.49 Å². The van der Waals surface area contributed by atoms with Crippen molar-refractivity contribution in [1.29, 1.82) is 0 Å². The first kappa shape index (κ1) is 18.6. The van der Waals surface area contributed by atoms with Gasteiger partial charge in [0.25, 0.3) is 0 Å². The predicted octanol–water partition coefficient (Wildman–Crippen LogP) is 4.83. The number of pyridine rings is 3. The molecule has 0 aliphatic heterocycles. The van der Waals surface area contributed by atoms with Gasteiger partial charge in [0.2, 0.25) is 0 Å². The molecule has 6 aromatic rings. The van der Waals surface area contributed by atoms with Crippen LogP contribution in [-0.2, 0) is 0 Å². The van der Waals surface area contributed by atoms with Gasteiger partial charge in [0.05, 0.1) is 30.0 Å². The highest BCUT2D eigenvalue weighted by Crippen LogP contribution is 2.34. The van der Waals surface area contributed by atoms with Crippen LogP contribution in [0.4, 0.5) is 4.39 Å². The number of methoxy groups -OCH3 is 1. The fourth-order valence-corrected chi connectivity index (χ4v) is 4.35. The lowest BCUT2D eigenvalue weighted by atomic mass is 10.1. The Hall–Kier alpha value is -4.18. The molecule has 0 amide bonds. The first-order chi connectivity index (χ1) is 15.7. The normalized spacial score (nSPS) is 11.4. The van der Waals surface area contributed by atoms with Gasteiger partial charge < -0.3 is 9.72 Å². The molecule has 0 aliphatic carbocycles. The lowest BCUT2D eigenvalue weighted by Gasteiger charge is -2.03. The molecule has 0 unspecified atom stereocenters. The molecule has 0 aliphatic rings. The minimum atomic E-state index is -0.244. The van der Waals surface area contributed by atoms with Gasteiger partial charge in [-0.3, -0.25) is 10.1 Å². The van der Waals surface area contributed by atoms with Crippen molar-refractivity contribution in [2.24, 2.45) is 0 Å². The van der Waals surface area contributed by atoms with Crippen LogP contribution in [0.25, 0.3) is 55.4 Å². The number of rotatable bonds is 4. The first-order valence-corrected chi connectivity index (χ1v) is 10.5. The SMILES string of the molecule is COc1cncc(-c2ccc3[nH]nc(-c4nc5nccc(-c6ccc(F)s6)c5[nH]4)c3n2)c1. The third-order valence-electron chi connectivity index (χ3n) is 5.11. The van der Waals surface area contributed by atoms with E-state index in [0.29, 0.717) is 33.9 Å². The Morgan fingerprint density at radius 1 is 1.06 bits per heavy atom. The number of thiophene rings is 1. The van der Waals surface area contributed by atoms with E-state index in [4.69, 9.17) is 9.72 Å². The number of hydrogen-bond acceptors (Lipinski definition) is 7. The van der Waals surface area contributed by atoms with Crippen molar-refractivity contribution in [3.63, 3.8) is 0 Å². The number of hydrogen-bond donors (Lipinski definition) is 2. The summed E-state index contributed by atoms with van der Waals surface area (Å²) in [5.41, 5.74) is 5.63. The van der Waals surface area contributed by atoms with Gasteiger partial charge in [-0.15, -0.1) is 11.3 Å². The third-order valence-corrected chi connectivity index (χ3v) is 6.01. The van der Waals surface area contributed by atoms with Crippen molar-refractivity contribution in [1.82, 2.24) is 35.1 Å². The maximum Gasteiger partial charge on any atom is 0.178 e. The molecule has 0 fully saturated rings. The maximum absolute atomic E-state index is 13.6. The standard InChI is InChI=1S/C22H14FN7OS/c1-31-12-8-11(9-24-10-12)14-2-3-15-19(26-14)20(30-29-15)22-27-18-13(6-7-25-21(18)28-22)16-4-5-17(23)32-16/h2-10H,1H3,(H,29,30)(H,25,27,28). The molecule has 0 aromatic carbocycles. The smallest absolute Gasteiger partial charge is 0.178 e. The summed E-state index contributed by atoms with van der Waals surface area (Å²) >= 11 is 1.07. The van der Waals surface area contributed by atoms with Crippen molar-refractivity contribution in [2.45, 2.75) is 0 Å². The van der Waals surface area contributed by atoms with Crippen LogP contribution < -0.4 is 4.74 Å². The van der Waals surface area contributed by atoms with Crippen molar-refractivity contribution >= 4 is 33.5 Å². The molecule has 0 atom stereocenters. The van der Waals surface area contributed by atoms with Gasteiger partial charge in [0, 0.05) is 28.4 Å². The molecule has 6 heterocycles. The van der Waals surface area contributed by atoms with Crippen LogP contribution in [-0.4, -0.2) is 42.2 Å². The van der Waals surface area contributed by atoms with Gasteiger partial charge in [0.15, 0.2) is 22.3 Å². The fraction of sp³-hybridized carbons (Fsp3) is 0.0455. The Labute approximate surface area is 184 Å². The zero-order valence-electron chi connectivity index (χ0n) is 16.6. The van der Waals surface area contributed by atoms with Crippen LogP contribution in [0, 0.1) is 5.13 Å². The summed E-state index contributed by atoms with van der Waals surface area (Å²) in [4.78, 5) is 22.1. The van der Waals surface area contributed by atoms with Crippen LogP contribution in [0.3, 0.4) is 0 Å². The van der Waals surface area contributed by atoms with E-state index in [9.17, 15) is 4.39 Å². The molecule has 8 nitrogen and oxygen atoms in total. The molecule has 0 bridgehead atoms. The Morgan fingerprint density at radius 3 is 2.84 bits per heavy atom. The summed E-state index contributed by atoms with van der Waals surface area (Å²) in [5.74, 6) is 1.18. The molecule has 156 valence electrons. The van der Waals surface area contributed by atoms with Gasteiger partial charge in [-0.05, 0) is 36.4 Å². The van der Waals surface area contributed by atoms with E-state index in [2.05, 4.69) is 30.1 Å². The number of aromatic nitrogens is 7. The number of nitrogens with zero attached hydrogens (tertiary/aromatic N) is 5. The van der Waals surface area contributed by atoms with Crippen LogP contribution in [0.15, 0.2) is 55.0 Å². The number of ether oxygens (including phenoxy) is 1. The number of aromatic amines is 2. The summed E-state index contributed by atoms with van der Waals surface area (Å²) in [7, 11) is 1.60. The number of halogens is 1. The molecule has 0 spiro atoms. The molecule has 0 saturated heterocycles. The summed E-state index contributed by atoms with van der Waals surface area (Å²) in [6.45, 7) is 0. The maximum atomic E-state index is 13.6. The quantitative estimate of drug-likeness (QED) is 0.404. The molecule has 2 N–H and O–H groups in total. The summed E-state index contributed by atoms with van der Waals surface area (Å²) in [6, 6.07) is 10.7. The number of nitrogens with one attached hydrogen (secondary N) is 2. The van der Waals surface area contributed by atoms with Gasteiger partial charge in [-0.1, -0.05) is 0 Å². The van der Waals surface area contributed by atoms with E-state index in [1.165, 1.54) is 6.07 Å². The van der Waals surface area contributed by atoms with Crippen molar-refractivity contribution in [2.75, 3.05) is 7.11 Å². The second-order valence-electron chi connectivity index (χ2n) is 7.02. The van der Waals surface area contributed by atoms with Gasteiger partial charge in [-0.25, -0.2) is 15.0 Å². The number of imidazole rings is 1. The van der Waals surface area contributed by atoms with Crippen LogP contribution in [0.5, 0.6) is 5.75 Å². The van der Waals surface area contributed by atoms with Crippen molar-refractivity contribution in [3.05, 3.63) is 60.1 Å². The lowest BCUT2D eigenvalue weighted by Crippen LogP contribution is -1.89. The molecular formula is C22H14FN7OS. The van der Waals surface area contributed by atoms with E-state index >= 15 is 0 Å². The molecule has 0 radical (unpaired) electrons. The minimum absolute atomic E-state index is 0.244. The van der Waals surface area contributed by atoms with Gasteiger partial charge in [0.1, 0.15) is 11.3 Å². The minimum Gasteiger partial charge on any atom is -0.495 e. The highest BCUT2D eigenvalue weighted by atomic mass is 32.1.